The number of aromatic nitrogens is 4. The van der Waals surface area contributed by atoms with Gasteiger partial charge in [-0.15, -0.1) is 0 Å². The summed E-state index contributed by atoms with van der Waals surface area (Å²) in [6.45, 7) is 14.6. The SMILES string of the molecule is Cc1c(-c2ccc(-c3ccc4c(c3)N(C(=O)Nc3nc5ccccc5s3)CCC4)nc2C(=O)O)cnn1CC12CC3(C)CC(C)(C1)CC(OCCN(C)C(=O)OC(C)(C)C)(C3)C2. The number of thiazole rings is 1. The van der Waals surface area contributed by atoms with E-state index in [-0.39, 0.29) is 39.7 Å². The van der Waals surface area contributed by atoms with Gasteiger partial charge in [-0.3, -0.25) is 14.9 Å². The Morgan fingerprint density at radius 2 is 1.71 bits per heavy atom. The Morgan fingerprint density at radius 3 is 2.44 bits per heavy atom. The standard InChI is InChI=1S/C48H57N7O6S/c1-30-34(22-49-55(30)29-47-24-45(5)23-46(6,25-47)27-48(26-45,28-47)60-20-19-53(7)43(59)61-44(2,3)4)33-16-17-35(50-39(33)40(56)57)32-15-14-31-11-10-18-54(37(31)21-32)42(58)52-41-51-36-12-8-9-13-38(36)62-41/h8-9,12-17,21-22H,10-11,18-20,23-29H2,1-7H3,(H,56,57)(H,51,52,58). The van der Waals surface area contributed by atoms with Crippen LogP contribution in [-0.2, 0) is 22.4 Å². The van der Waals surface area contributed by atoms with Gasteiger partial charge in [-0.05, 0) is 131 Å². The predicted octanol–water partition coefficient (Wildman–Crippen LogP) is 10.2. The molecule has 326 valence electrons. The molecule has 10 rings (SSSR count). The van der Waals surface area contributed by atoms with Crippen LogP contribution >= 0.6 is 11.3 Å². The fraction of sp³-hybridized carbons (Fsp3) is 0.500. The Hall–Kier alpha value is -5.34. The first-order valence-electron chi connectivity index (χ1n) is 21.8. The molecule has 3 amide bonds. The number of aromatic carboxylic acids is 1. The molecule has 13 nitrogen and oxygen atoms in total. The van der Waals surface area contributed by atoms with Gasteiger partial charge in [0.05, 0.1) is 34.3 Å². The maximum Gasteiger partial charge on any atom is 0.410 e. The highest BCUT2D eigenvalue weighted by atomic mass is 32.1. The summed E-state index contributed by atoms with van der Waals surface area (Å²) in [6.07, 6.45) is 9.30. The maximum atomic E-state index is 13.7. The number of carbonyl (C=O) groups excluding carboxylic acids is 2. The Morgan fingerprint density at radius 1 is 0.952 bits per heavy atom. The molecule has 5 aromatic rings. The van der Waals surface area contributed by atoms with E-state index >= 15 is 0 Å². The molecule has 4 fully saturated rings. The van der Waals surface area contributed by atoms with Crippen molar-refractivity contribution in [3.8, 4) is 22.4 Å². The topological polar surface area (TPSA) is 152 Å². The second-order valence-corrected chi connectivity index (χ2v) is 21.4. The number of benzene rings is 2. The van der Waals surface area contributed by atoms with Gasteiger partial charge in [0.1, 0.15) is 5.60 Å². The third-order valence-electron chi connectivity index (χ3n) is 13.4. The summed E-state index contributed by atoms with van der Waals surface area (Å²) in [5, 5.41) is 19.0. The molecule has 4 bridgehead atoms. The second kappa shape index (κ2) is 15.2. The number of carboxylic acids is 1. The minimum Gasteiger partial charge on any atom is -0.476 e. The molecule has 14 heteroatoms. The predicted molar refractivity (Wildman–Crippen MR) is 241 cm³/mol. The number of hydrogen-bond donors (Lipinski definition) is 2. The fourth-order valence-corrected chi connectivity index (χ4v) is 13.1. The Balaban J connectivity index is 0.941. The van der Waals surface area contributed by atoms with Gasteiger partial charge in [0.2, 0.25) is 0 Å². The normalized spacial score (nSPS) is 25.2. The number of likely N-dealkylation sites (N-methyl/N-ethyl adjacent to an activating group) is 1. The molecular weight excluding hydrogens is 803 g/mol. The van der Waals surface area contributed by atoms with Crippen LogP contribution in [0.2, 0.25) is 0 Å². The van der Waals surface area contributed by atoms with E-state index in [1.807, 2.05) is 82.3 Å². The quantitative estimate of drug-likeness (QED) is 0.140. The van der Waals surface area contributed by atoms with E-state index in [1.165, 1.54) is 11.3 Å². The number of para-hydroxylation sites is 1. The summed E-state index contributed by atoms with van der Waals surface area (Å²) in [4.78, 5) is 51.9. The molecule has 2 N–H and O–H groups in total. The largest absolute Gasteiger partial charge is 0.476 e. The summed E-state index contributed by atoms with van der Waals surface area (Å²) in [6, 6.07) is 17.1. The number of nitrogens with one attached hydrogen (secondary N) is 1. The van der Waals surface area contributed by atoms with E-state index in [0.29, 0.717) is 42.6 Å². The molecule has 4 saturated carbocycles. The first-order valence-corrected chi connectivity index (χ1v) is 22.6. The lowest BCUT2D eigenvalue weighted by atomic mass is 9.39. The molecular formula is C48H57N7O6S. The van der Waals surface area contributed by atoms with Crippen molar-refractivity contribution in [1.82, 2.24) is 24.6 Å². The van der Waals surface area contributed by atoms with Gasteiger partial charge in [-0.1, -0.05) is 49.4 Å². The molecule has 5 aliphatic rings. The van der Waals surface area contributed by atoms with Gasteiger partial charge < -0.3 is 19.5 Å². The Labute approximate surface area is 366 Å². The highest BCUT2D eigenvalue weighted by molar-refractivity contribution is 7.22. The first-order chi connectivity index (χ1) is 29.3. The molecule has 4 aliphatic carbocycles. The molecule has 0 spiro atoms. The van der Waals surface area contributed by atoms with Gasteiger partial charge in [0.25, 0.3) is 0 Å². The minimum absolute atomic E-state index is 0.0489. The van der Waals surface area contributed by atoms with Crippen molar-refractivity contribution in [1.29, 1.82) is 0 Å². The Bertz CT molecular complexity index is 2540. The van der Waals surface area contributed by atoms with Crippen LogP contribution < -0.4 is 10.2 Å². The Kier molecular flexibility index (Phi) is 10.3. The minimum atomic E-state index is -1.12. The summed E-state index contributed by atoms with van der Waals surface area (Å²) in [5.74, 6) is -1.12. The van der Waals surface area contributed by atoms with Crippen LogP contribution in [0.25, 0.3) is 32.6 Å². The fourth-order valence-electron chi connectivity index (χ4n) is 12.2. The average Bonchev–Trinajstić information content (AvgIpc) is 3.76. The van der Waals surface area contributed by atoms with Crippen molar-refractivity contribution in [2.24, 2.45) is 16.2 Å². The van der Waals surface area contributed by atoms with Crippen LogP contribution in [0.1, 0.15) is 101 Å². The molecule has 2 unspecified atom stereocenters. The number of aryl methyl sites for hydroxylation is 1. The lowest BCUT2D eigenvalue weighted by Crippen LogP contribution is -2.64. The van der Waals surface area contributed by atoms with Crippen LogP contribution in [0, 0.1) is 23.2 Å². The van der Waals surface area contributed by atoms with Crippen molar-refractivity contribution >= 4 is 50.5 Å². The smallest absolute Gasteiger partial charge is 0.410 e. The number of fused-ring (bicyclic) bond motifs is 2. The molecule has 3 aromatic heterocycles. The van der Waals surface area contributed by atoms with Crippen LogP contribution in [-0.4, -0.2) is 85.8 Å². The summed E-state index contributed by atoms with van der Waals surface area (Å²) in [5.41, 5.74) is 5.33. The van der Waals surface area contributed by atoms with Gasteiger partial charge in [-0.25, -0.2) is 24.4 Å². The number of nitrogens with zero attached hydrogens (tertiary/aromatic N) is 6. The van der Waals surface area contributed by atoms with Crippen molar-refractivity contribution in [2.45, 2.75) is 111 Å². The van der Waals surface area contributed by atoms with Gasteiger partial charge in [0.15, 0.2) is 10.8 Å². The number of carbonyl (C=O) groups is 3. The summed E-state index contributed by atoms with van der Waals surface area (Å²) in [7, 11) is 1.76. The zero-order valence-electron chi connectivity index (χ0n) is 36.8. The van der Waals surface area contributed by atoms with E-state index in [9.17, 15) is 19.5 Å². The number of pyridine rings is 1. The summed E-state index contributed by atoms with van der Waals surface area (Å²) >= 11 is 1.44. The number of amides is 3. The van der Waals surface area contributed by atoms with E-state index in [4.69, 9.17) is 19.6 Å². The van der Waals surface area contributed by atoms with Crippen molar-refractivity contribution in [2.75, 3.05) is 37.0 Å². The van der Waals surface area contributed by atoms with Crippen molar-refractivity contribution in [3.63, 3.8) is 0 Å². The van der Waals surface area contributed by atoms with Crippen molar-refractivity contribution < 1.29 is 29.0 Å². The molecule has 1 aliphatic heterocycles. The zero-order chi connectivity index (χ0) is 43.8. The summed E-state index contributed by atoms with van der Waals surface area (Å²) < 4.78 is 15.5. The van der Waals surface area contributed by atoms with Crippen LogP contribution in [0.4, 0.5) is 20.4 Å². The van der Waals surface area contributed by atoms with Crippen LogP contribution in [0.3, 0.4) is 0 Å². The van der Waals surface area contributed by atoms with Gasteiger partial charge >= 0.3 is 18.1 Å². The second-order valence-electron chi connectivity index (χ2n) is 20.3. The van der Waals surface area contributed by atoms with Gasteiger partial charge in [0, 0.05) is 54.8 Å². The molecule has 0 saturated heterocycles. The average molecular weight is 860 g/mol. The lowest BCUT2D eigenvalue weighted by molar-refractivity contribution is -0.248. The lowest BCUT2D eigenvalue weighted by Gasteiger charge is -2.69. The monoisotopic (exact) mass is 859 g/mol. The number of hydrogen-bond acceptors (Lipinski definition) is 9. The van der Waals surface area contributed by atoms with E-state index in [0.717, 1.165) is 89.7 Å². The molecule has 0 radical (unpaired) electrons. The first kappa shape index (κ1) is 42.0. The number of carboxylic acid groups (broad SMARTS) is 1. The van der Waals surface area contributed by atoms with E-state index in [2.05, 4.69) is 28.8 Å². The number of ether oxygens (including phenoxy) is 2. The highest BCUT2D eigenvalue weighted by Gasteiger charge is 2.66. The number of urea groups is 1. The van der Waals surface area contributed by atoms with Crippen molar-refractivity contribution in [3.05, 3.63) is 77.7 Å². The number of rotatable bonds is 10. The van der Waals surface area contributed by atoms with Crippen LogP contribution in [0.5, 0.6) is 0 Å². The van der Waals surface area contributed by atoms with Gasteiger partial charge in [-0.2, -0.15) is 5.10 Å². The number of anilines is 2. The highest BCUT2D eigenvalue weighted by Crippen LogP contribution is 2.72. The van der Waals surface area contributed by atoms with E-state index < -0.39 is 11.6 Å². The van der Waals surface area contributed by atoms with E-state index in [1.54, 1.807) is 23.0 Å². The molecule has 4 heterocycles. The maximum absolute atomic E-state index is 13.7. The molecule has 2 atom stereocenters. The third-order valence-corrected chi connectivity index (χ3v) is 14.4. The zero-order valence-corrected chi connectivity index (χ0v) is 37.7. The van der Waals surface area contributed by atoms with Crippen LogP contribution in [0.15, 0.2) is 60.8 Å². The molecule has 62 heavy (non-hydrogen) atoms. The third kappa shape index (κ3) is 8.07. The molecule has 2 aromatic carbocycles.